The number of allylic oxidation sites excluding steroid dienone is 2. The minimum absolute atomic E-state index is 0.238. The molecule has 16 heavy (non-hydrogen) atoms. The van der Waals surface area contributed by atoms with Gasteiger partial charge < -0.3 is 0 Å². The SMILES string of the molecule is CC(C)[C@@H](/C=C/C(C)(C)C)c1ccccn1. The Labute approximate surface area is 99.6 Å². The van der Waals surface area contributed by atoms with Crippen LogP contribution in [-0.4, -0.2) is 4.98 Å². The van der Waals surface area contributed by atoms with Crippen molar-refractivity contribution < 1.29 is 0 Å². The Bertz CT molecular complexity index is 330. The molecule has 0 fully saturated rings. The van der Waals surface area contributed by atoms with Crippen LogP contribution < -0.4 is 0 Å². The fourth-order valence-corrected chi connectivity index (χ4v) is 1.63. The van der Waals surface area contributed by atoms with Crippen molar-refractivity contribution >= 4 is 0 Å². The Morgan fingerprint density at radius 3 is 2.31 bits per heavy atom. The fraction of sp³-hybridized carbons (Fsp3) is 0.533. The van der Waals surface area contributed by atoms with Crippen LogP contribution >= 0.6 is 0 Å². The molecule has 0 radical (unpaired) electrons. The third-order valence-corrected chi connectivity index (χ3v) is 2.55. The molecule has 0 unspecified atom stereocenters. The summed E-state index contributed by atoms with van der Waals surface area (Å²) in [4.78, 5) is 4.45. The van der Waals surface area contributed by atoms with E-state index >= 15 is 0 Å². The Balaban J connectivity index is 2.90. The van der Waals surface area contributed by atoms with Crippen LogP contribution in [0.4, 0.5) is 0 Å². The lowest BCUT2D eigenvalue weighted by Gasteiger charge is -2.19. The third kappa shape index (κ3) is 4.18. The third-order valence-electron chi connectivity index (χ3n) is 2.55. The Morgan fingerprint density at radius 1 is 1.19 bits per heavy atom. The Kier molecular flexibility index (Phi) is 4.28. The van der Waals surface area contributed by atoms with Gasteiger partial charge in [0.25, 0.3) is 0 Å². The first kappa shape index (κ1) is 13.0. The second kappa shape index (κ2) is 5.29. The van der Waals surface area contributed by atoms with E-state index in [0.29, 0.717) is 11.8 Å². The number of nitrogens with zero attached hydrogens (tertiary/aromatic N) is 1. The van der Waals surface area contributed by atoms with Crippen LogP contribution in [0.2, 0.25) is 0 Å². The van der Waals surface area contributed by atoms with Crippen molar-refractivity contribution in [3.05, 3.63) is 42.2 Å². The van der Waals surface area contributed by atoms with E-state index in [0.717, 1.165) is 5.69 Å². The van der Waals surface area contributed by atoms with Crippen LogP contribution in [-0.2, 0) is 0 Å². The van der Waals surface area contributed by atoms with E-state index in [2.05, 4.69) is 63.9 Å². The second-order valence-electron chi connectivity index (χ2n) is 5.75. The van der Waals surface area contributed by atoms with Gasteiger partial charge in [0.2, 0.25) is 0 Å². The van der Waals surface area contributed by atoms with Crippen LogP contribution in [0, 0.1) is 11.3 Å². The highest BCUT2D eigenvalue weighted by Gasteiger charge is 2.15. The predicted octanol–water partition coefficient (Wildman–Crippen LogP) is 4.42. The van der Waals surface area contributed by atoms with Crippen LogP contribution in [0.25, 0.3) is 0 Å². The van der Waals surface area contributed by atoms with Gasteiger partial charge in [0.15, 0.2) is 0 Å². The molecular formula is C15H23N. The lowest BCUT2D eigenvalue weighted by Crippen LogP contribution is -2.08. The molecule has 0 saturated heterocycles. The molecule has 0 bridgehead atoms. The average molecular weight is 217 g/mol. The standard InChI is InChI=1S/C15H23N/c1-12(2)13(9-10-15(3,4)5)14-8-6-7-11-16-14/h6-13H,1-5H3/b10-9+/t13-/m1/s1. The second-order valence-corrected chi connectivity index (χ2v) is 5.75. The fourth-order valence-electron chi connectivity index (χ4n) is 1.63. The summed E-state index contributed by atoms with van der Waals surface area (Å²) in [6.45, 7) is 11.1. The molecule has 1 nitrogen and oxygen atoms in total. The van der Waals surface area contributed by atoms with E-state index in [4.69, 9.17) is 0 Å². The zero-order valence-electron chi connectivity index (χ0n) is 11.1. The van der Waals surface area contributed by atoms with Gasteiger partial charge in [0.05, 0.1) is 0 Å². The van der Waals surface area contributed by atoms with Crippen LogP contribution in [0.5, 0.6) is 0 Å². The summed E-state index contributed by atoms with van der Waals surface area (Å²) in [5, 5.41) is 0. The molecule has 0 aliphatic rings. The highest BCUT2D eigenvalue weighted by atomic mass is 14.7. The largest absolute Gasteiger partial charge is 0.261 e. The van der Waals surface area contributed by atoms with Crippen LogP contribution in [0.15, 0.2) is 36.5 Å². The van der Waals surface area contributed by atoms with Crippen molar-refractivity contribution in [2.24, 2.45) is 11.3 Å². The van der Waals surface area contributed by atoms with E-state index in [1.165, 1.54) is 0 Å². The quantitative estimate of drug-likeness (QED) is 0.683. The van der Waals surface area contributed by atoms with Gasteiger partial charge in [-0.1, -0.05) is 52.8 Å². The minimum Gasteiger partial charge on any atom is -0.261 e. The van der Waals surface area contributed by atoms with Gasteiger partial charge in [-0.2, -0.15) is 0 Å². The molecule has 0 N–H and O–H groups in total. The molecule has 0 saturated carbocycles. The molecule has 1 atom stereocenters. The van der Waals surface area contributed by atoms with Gasteiger partial charge in [-0.3, -0.25) is 4.98 Å². The number of hydrogen-bond acceptors (Lipinski definition) is 1. The van der Waals surface area contributed by atoms with Gasteiger partial charge in [0.1, 0.15) is 0 Å². The lowest BCUT2D eigenvalue weighted by atomic mass is 9.87. The molecule has 0 amide bonds. The zero-order chi connectivity index (χ0) is 12.2. The minimum atomic E-state index is 0.238. The highest BCUT2D eigenvalue weighted by molar-refractivity contribution is 5.17. The lowest BCUT2D eigenvalue weighted by molar-refractivity contribution is 0.522. The van der Waals surface area contributed by atoms with E-state index < -0.39 is 0 Å². The smallest absolute Gasteiger partial charge is 0.0474 e. The van der Waals surface area contributed by atoms with Gasteiger partial charge in [-0.25, -0.2) is 0 Å². The van der Waals surface area contributed by atoms with Gasteiger partial charge in [-0.05, 0) is 23.5 Å². The Hall–Kier alpha value is -1.11. The van der Waals surface area contributed by atoms with Crippen molar-refractivity contribution in [1.29, 1.82) is 0 Å². The summed E-state index contributed by atoms with van der Waals surface area (Å²) in [7, 11) is 0. The van der Waals surface area contributed by atoms with Crippen LogP contribution in [0.1, 0.15) is 46.2 Å². The Morgan fingerprint density at radius 2 is 1.88 bits per heavy atom. The molecule has 88 valence electrons. The normalized spacial score (nSPS) is 14.6. The highest BCUT2D eigenvalue weighted by Crippen LogP contribution is 2.26. The topological polar surface area (TPSA) is 12.9 Å². The maximum absolute atomic E-state index is 4.45. The first-order valence-electron chi connectivity index (χ1n) is 6.00. The van der Waals surface area contributed by atoms with Crippen LogP contribution in [0.3, 0.4) is 0 Å². The summed E-state index contributed by atoms with van der Waals surface area (Å²) in [5.74, 6) is 0.994. The summed E-state index contributed by atoms with van der Waals surface area (Å²) in [5.41, 5.74) is 1.40. The first-order valence-corrected chi connectivity index (χ1v) is 6.00. The number of rotatable bonds is 3. The predicted molar refractivity (Wildman–Crippen MR) is 70.4 cm³/mol. The van der Waals surface area contributed by atoms with Crippen molar-refractivity contribution in [3.8, 4) is 0 Å². The molecule has 1 heterocycles. The van der Waals surface area contributed by atoms with Gasteiger partial charge in [0, 0.05) is 17.8 Å². The zero-order valence-corrected chi connectivity index (χ0v) is 11.1. The summed E-state index contributed by atoms with van der Waals surface area (Å²) < 4.78 is 0. The molecule has 1 heteroatoms. The number of aromatic nitrogens is 1. The van der Waals surface area contributed by atoms with Gasteiger partial charge in [-0.15, -0.1) is 0 Å². The first-order chi connectivity index (χ1) is 7.40. The molecule has 0 aromatic carbocycles. The maximum Gasteiger partial charge on any atom is 0.0474 e. The van der Waals surface area contributed by atoms with Crippen molar-refractivity contribution in [3.63, 3.8) is 0 Å². The van der Waals surface area contributed by atoms with E-state index in [9.17, 15) is 0 Å². The summed E-state index contributed by atoms with van der Waals surface area (Å²) >= 11 is 0. The van der Waals surface area contributed by atoms with E-state index in [-0.39, 0.29) is 5.41 Å². The molecule has 0 spiro atoms. The number of hydrogen-bond donors (Lipinski definition) is 0. The molecule has 0 aliphatic carbocycles. The molecule has 1 rings (SSSR count). The van der Waals surface area contributed by atoms with Gasteiger partial charge >= 0.3 is 0 Å². The van der Waals surface area contributed by atoms with Crippen molar-refractivity contribution in [2.75, 3.05) is 0 Å². The molecule has 0 aliphatic heterocycles. The summed E-state index contributed by atoms with van der Waals surface area (Å²) in [6.07, 6.45) is 6.45. The average Bonchev–Trinajstić information content (AvgIpc) is 2.17. The van der Waals surface area contributed by atoms with Crippen molar-refractivity contribution in [2.45, 2.75) is 40.5 Å². The monoisotopic (exact) mass is 217 g/mol. The summed E-state index contributed by atoms with van der Waals surface area (Å²) in [6, 6.07) is 6.13. The molecule has 1 aromatic rings. The van der Waals surface area contributed by atoms with E-state index in [1.807, 2.05) is 12.3 Å². The van der Waals surface area contributed by atoms with E-state index in [1.54, 1.807) is 0 Å². The number of pyridine rings is 1. The molecular weight excluding hydrogens is 194 g/mol. The molecule has 1 aromatic heterocycles. The maximum atomic E-state index is 4.45. The van der Waals surface area contributed by atoms with Crippen molar-refractivity contribution in [1.82, 2.24) is 4.98 Å².